The third-order valence-electron chi connectivity index (χ3n) is 4.01. The molecule has 100 valence electrons. The molecule has 3 heteroatoms. The van der Waals surface area contributed by atoms with Crippen molar-refractivity contribution in [2.75, 3.05) is 25.1 Å². The molecule has 3 nitrogen and oxygen atoms in total. The highest BCUT2D eigenvalue weighted by atomic mass is 16.5. The van der Waals surface area contributed by atoms with Crippen molar-refractivity contribution >= 4 is 5.69 Å². The number of piperidine rings is 1. The zero-order valence-electron chi connectivity index (χ0n) is 11.7. The highest BCUT2D eigenvalue weighted by molar-refractivity contribution is 5.60. The van der Waals surface area contributed by atoms with E-state index in [9.17, 15) is 0 Å². The number of rotatable bonds is 3. The van der Waals surface area contributed by atoms with E-state index in [-0.39, 0.29) is 5.60 Å². The highest BCUT2D eigenvalue weighted by Crippen LogP contribution is 2.32. The van der Waals surface area contributed by atoms with Gasteiger partial charge in [0.05, 0.1) is 5.60 Å². The van der Waals surface area contributed by atoms with Gasteiger partial charge in [-0.25, -0.2) is 0 Å². The van der Waals surface area contributed by atoms with E-state index >= 15 is 0 Å². The van der Waals surface area contributed by atoms with Crippen LogP contribution in [0.15, 0.2) is 18.2 Å². The first-order valence-corrected chi connectivity index (χ1v) is 6.68. The molecule has 1 unspecified atom stereocenters. The average molecular weight is 248 g/mol. The number of para-hydroxylation sites is 1. The number of anilines is 1. The minimum atomic E-state index is -0.0353. The monoisotopic (exact) mass is 248 g/mol. The zero-order valence-corrected chi connectivity index (χ0v) is 11.7. The van der Waals surface area contributed by atoms with Crippen LogP contribution in [0.2, 0.25) is 0 Å². The van der Waals surface area contributed by atoms with E-state index in [1.165, 1.54) is 23.2 Å². The first-order valence-electron chi connectivity index (χ1n) is 6.68. The molecule has 1 saturated heterocycles. The van der Waals surface area contributed by atoms with Crippen molar-refractivity contribution in [3.05, 3.63) is 29.3 Å². The minimum Gasteiger partial charge on any atom is -0.377 e. The molecule has 1 aliphatic rings. The maximum atomic E-state index is 5.87. The Morgan fingerprint density at radius 2 is 2.22 bits per heavy atom. The number of nitrogens with two attached hydrogens (primary N) is 1. The molecule has 1 aromatic carbocycles. The van der Waals surface area contributed by atoms with Crippen molar-refractivity contribution in [2.45, 2.75) is 38.8 Å². The molecule has 2 N–H and O–H groups in total. The molecule has 1 atom stereocenters. The van der Waals surface area contributed by atoms with E-state index in [4.69, 9.17) is 10.5 Å². The van der Waals surface area contributed by atoms with E-state index in [0.29, 0.717) is 6.54 Å². The van der Waals surface area contributed by atoms with Gasteiger partial charge in [0.1, 0.15) is 0 Å². The first kappa shape index (κ1) is 13.4. The van der Waals surface area contributed by atoms with Gasteiger partial charge in [-0.2, -0.15) is 0 Å². The van der Waals surface area contributed by atoms with Crippen LogP contribution in [0.5, 0.6) is 0 Å². The van der Waals surface area contributed by atoms with Crippen LogP contribution in [-0.4, -0.2) is 25.8 Å². The van der Waals surface area contributed by atoms with Crippen LogP contribution in [0.1, 0.15) is 30.9 Å². The van der Waals surface area contributed by atoms with Gasteiger partial charge in [0.15, 0.2) is 0 Å². The molecule has 1 aliphatic heterocycles. The van der Waals surface area contributed by atoms with Gasteiger partial charge in [-0.15, -0.1) is 0 Å². The van der Waals surface area contributed by atoms with E-state index in [1.54, 1.807) is 0 Å². The molecule has 0 bridgehead atoms. The van der Waals surface area contributed by atoms with Crippen LogP contribution in [0.25, 0.3) is 0 Å². The lowest BCUT2D eigenvalue weighted by molar-refractivity contribution is -0.00470. The fraction of sp³-hybridized carbons (Fsp3) is 0.600. The summed E-state index contributed by atoms with van der Waals surface area (Å²) < 4.78 is 5.67. The van der Waals surface area contributed by atoms with Crippen molar-refractivity contribution < 1.29 is 4.74 Å². The highest BCUT2D eigenvalue weighted by Gasteiger charge is 2.31. The van der Waals surface area contributed by atoms with Crippen LogP contribution in [-0.2, 0) is 11.3 Å². The Morgan fingerprint density at radius 1 is 1.44 bits per heavy atom. The second kappa shape index (κ2) is 5.29. The molecule has 0 spiro atoms. The zero-order chi connectivity index (χ0) is 13.2. The fourth-order valence-corrected chi connectivity index (χ4v) is 2.90. The Hall–Kier alpha value is -1.06. The Morgan fingerprint density at radius 3 is 2.89 bits per heavy atom. The van der Waals surface area contributed by atoms with Gasteiger partial charge >= 0.3 is 0 Å². The van der Waals surface area contributed by atoms with E-state index in [1.807, 2.05) is 7.11 Å². The smallest absolute Gasteiger partial charge is 0.0825 e. The van der Waals surface area contributed by atoms with Gasteiger partial charge in [-0.05, 0) is 37.8 Å². The molecule has 0 amide bonds. The third-order valence-corrected chi connectivity index (χ3v) is 4.01. The third kappa shape index (κ3) is 2.52. The molecule has 0 aromatic heterocycles. The molecule has 1 fully saturated rings. The lowest BCUT2D eigenvalue weighted by Crippen LogP contribution is -2.48. The van der Waals surface area contributed by atoms with Crippen LogP contribution in [0.3, 0.4) is 0 Å². The predicted molar refractivity (Wildman–Crippen MR) is 75.9 cm³/mol. The lowest BCUT2D eigenvalue weighted by atomic mass is 9.93. The number of nitrogens with zero attached hydrogens (tertiary/aromatic N) is 1. The molecule has 18 heavy (non-hydrogen) atoms. The summed E-state index contributed by atoms with van der Waals surface area (Å²) in [6.45, 7) is 6.99. The van der Waals surface area contributed by atoms with E-state index < -0.39 is 0 Å². The number of ether oxygens (including phenoxy) is 1. The molecule has 1 aromatic rings. The summed E-state index contributed by atoms with van der Waals surface area (Å²) in [5.74, 6) is 0. The normalized spacial score (nSPS) is 24.3. The number of methoxy groups -OCH3 is 1. The summed E-state index contributed by atoms with van der Waals surface area (Å²) in [5.41, 5.74) is 9.68. The van der Waals surface area contributed by atoms with Crippen LogP contribution < -0.4 is 10.6 Å². The number of hydrogen-bond donors (Lipinski definition) is 1. The Bertz CT molecular complexity index is 419. The maximum absolute atomic E-state index is 5.87. The SMILES string of the molecule is COC1(C)CCCN(c2c(C)cccc2CN)C1. The molecular formula is C15H24N2O. The maximum Gasteiger partial charge on any atom is 0.0825 e. The van der Waals surface area contributed by atoms with Crippen LogP contribution in [0, 0.1) is 6.92 Å². The standard InChI is InChI=1S/C15H24N2O/c1-12-6-4-7-13(10-16)14(12)17-9-5-8-15(2,11-17)18-3/h4,6-7H,5,8-11,16H2,1-3H3. The summed E-state index contributed by atoms with van der Waals surface area (Å²) in [6, 6.07) is 6.37. The summed E-state index contributed by atoms with van der Waals surface area (Å²) in [6.07, 6.45) is 2.30. The number of aryl methyl sites for hydroxylation is 1. The first-order chi connectivity index (χ1) is 8.59. The molecule has 1 heterocycles. The Labute approximate surface area is 110 Å². The number of benzene rings is 1. The fourth-order valence-electron chi connectivity index (χ4n) is 2.90. The minimum absolute atomic E-state index is 0.0353. The molecule has 0 aliphatic carbocycles. The second-order valence-electron chi connectivity index (χ2n) is 5.47. The number of hydrogen-bond acceptors (Lipinski definition) is 3. The lowest BCUT2D eigenvalue weighted by Gasteiger charge is -2.42. The van der Waals surface area contributed by atoms with Gasteiger partial charge in [0.25, 0.3) is 0 Å². The van der Waals surface area contributed by atoms with Gasteiger partial charge in [0, 0.05) is 32.4 Å². The summed E-state index contributed by atoms with van der Waals surface area (Å²) in [7, 11) is 1.81. The second-order valence-corrected chi connectivity index (χ2v) is 5.47. The molecule has 2 rings (SSSR count). The van der Waals surface area contributed by atoms with Gasteiger partial charge < -0.3 is 15.4 Å². The van der Waals surface area contributed by atoms with Crippen LogP contribution >= 0.6 is 0 Å². The van der Waals surface area contributed by atoms with Crippen molar-refractivity contribution in [3.63, 3.8) is 0 Å². The largest absolute Gasteiger partial charge is 0.377 e. The van der Waals surface area contributed by atoms with E-state index in [0.717, 1.165) is 19.5 Å². The Balaban J connectivity index is 2.31. The quantitative estimate of drug-likeness (QED) is 0.893. The van der Waals surface area contributed by atoms with Crippen molar-refractivity contribution in [1.82, 2.24) is 0 Å². The van der Waals surface area contributed by atoms with Gasteiger partial charge in [0.2, 0.25) is 0 Å². The Kier molecular flexibility index (Phi) is 3.93. The van der Waals surface area contributed by atoms with Gasteiger partial charge in [-0.1, -0.05) is 18.2 Å². The average Bonchev–Trinajstić information content (AvgIpc) is 2.38. The topological polar surface area (TPSA) is 38.5 Å². The van der Waals surface area contributed by atoms with Crippen molar-refractivity contribution in [2.24, 2.45) is 5.73 Å². The van der Waals surface area contributed by atoms with Crippen molar-refractivity contribution in [3.8, 4) is 0 Å². The predicted octanol–water partition coefficient (Wildman–Crippen LogP) is 2.46. The summed E-state index contributed by atoms with van der Waals surface area (Å²) >= 11 is 0. The van der Waals surface area contributed by atoms with Gasteiger partial charge in [-0.3, -0.25) is 0 Å². The van der Waals surface area contributed by atoms with Crippen molar-refractivity contribution in [1.29, 1.82) is 0 Å². The summed E-state index contributed by atoms with van der Waals surface area (Å²) in [4.78, 5) is 2.44. The molecular weight excluding hydrogens is 224 g/mol. The molecule has 0 radical (unpaired) electrons. The molecule has 0 saturated carbocycles. The van der Waals surface area contributed by atoms with E-state index in [2.05, 4.69) is 36.9 Å². The summed E-state index contributed by atoms with van der Waals surface area (Å²) in [5, 5.41) is 0. The van der Waals surface area contributed by atoms with Crippen LogP contribution in [0.4, 0.5) is 5.69 Å².